The number of benzene rings is 1. The van der Waals surface area contributed by atoms with Gasteiger partial charge in [-0.15, -0.1) is 0 Å². The molecule has 0 fully saturated rings. The van der Waals surface area contributed by atoms with Crippen LogP contribution in [-0.4, -0.2) is 15.2 Å². The van der Waals surface area contributed by atoms with Gasteiger partial charge in [0.1, 0.15) is 0 Å². The molecule has 0 aliphatic heterocycles. The van der Waals surface area contributed by atoms with Gasteiger partial charge in [-0.2, -0.15) is 0 Å². The standard InChI is InChI=1S/C17H17FN2/c1-14(20-12-11-19-13-20)17(18)9-7-16(8-10-17)15-5-3-2-4-6-15/h2-9,11-14H,10H2,1H3. The van der Waals surface area contributed by atoms with Crippen molar-refractivity contribution in [3.8, 4) is 0 Å². The van der Waals surface area contributed by atoms with Gasteiger partial charge in [-0.3, -0.25) is 0 Å². The topological polar surface area (TPSA) is 17.8 Å². The van der Waals surface area contributed by atoms with Gasteiger partial charge in [-0.25, -0.2) is 9.37 Å². The number of rotatable bonds is 3. The molecule has 1 aliphatic rings. The molecule has 0 saturated carbocycles. The molecule has 1 aromatic carbocycles. The van der Waals surface area contributed by atoms with E-state index in [1.54, 1.807) is 24.8 Å². The molecule has 20 heavy (non-hydrogen) atoms. The molecule has 2 unspecified atom stereocenters. The van der Waals surface area contributed by atoms with E-state index in [9.17, 15) is 0 Å². The first kappa shape index (κ1) is 12.9. The minimum atomic E-state index is -1.36. The fourth-order valence-corrected chi connectivity index (χ4v) is 2.53. The molecular formula is C17H17FN2. The smallest absolute Gasteiger partial charge is 0.153 e. The fourth-order valence-electron chi connectivity index (χ4n) is 2.53. The Balaban J connectivity index is 1.81. The first-order valence-corrected chi connectivity index (χ1v) is 6.80. The third kappa shape index (κ3) is 2.31. The van der Waals surface area contributed by atoms with E-state index >= 15 is 4.39 Å². The Morgan fingerprint density at radius 1 is 1.30 bits per heavy atom. The van der Waals surface area contributed by atoms with Crippen LogP contribution in [0.3, 0.4) is 0 Å². The summed E-state index contributed by atoms with van der Waals surface area (Å²) in [5, 5.41) is 0. The van der Waals surface area contributed by atoms with Crippen molar-refractivity contribution in [2.24, 2.45) is 0 Å². The van der Waals surface area contributed by atoms with E-state index in [1.165, 1.54) is 0 Å². The van der Waals surface area contributed by atoms with Gasteiger partial charge in [-0.1, -0.05) is 42.5 Å². The number of nitrogens with zero attached hydrogens (tertiary/aromatic N) is 2. The second kappa shape index (κ2) is 5.08. The van der Waals surface area contributed by atoms with E-state index < -0.39 is 5.67 Å². The zero-order chi connectivity index (χ0) is 14.0. The molecule has 102 valence electrons. The minimum absolute atomic E-state index is 0.269. The number of alkyl halides is 1. The molecule has 1 aliphatic carbocycles. The largest absolute Gasteiger partial charge is 0.331 e. The predicted molar refractivity (Wildman–Crippen MR) is 79.0 cm³/mol. The SMILES string of the molecule is CC(n1ccnc1)C1(F)C=CC(c2ccccc2)=CC1. The van der Waals surface area contributed by atoms with Crippen molar-refractivity contribution < 1.29 is 4.39 Å². The predicted octanol–water partition coefficient (Wildman–Crippen LogP) is 4.20. The summed E-state index contributed by atoms with van der Waals surface area (Å²) in [5.74, 6) is 0. The molecule has 3 heteroatoms. The summed E-state index contributed by atoms with van der Waals surface area (Å²) in [4.78, 5) is 3.99. The summed E-state index contributed by atoms with van der Waals surface area (Å²) < 4.78 is 16.8. The first-order chi connectivity index (χ1) is 9.69. The first-order valence-electron chi connectivity index (χ1n) is 6.80. The van der Waals surface area contributed by atoms with Crippen molar-refractivity contribution >= 4 is 5.57 Å². The highest BCUT2D eigenvalue weighted by atomic mass is 19.1. The van der Waals surface area contributed by atoms with Crippen molar-refractivity contribution in [1.29, 1.82) is 0 Å². The Bertz CT molecular complexity index is 628. The van der Waals surface area contributed by atoms with E-state index in [1.807, 2.05) is 54.0 Å². The van der Waals surface area contributed by atoms with Crippen LogP contribution in [0.5, 0.6) is 0 Å². The Morgan fingerprint density at radius 2 is 2.10 bits per heavy atom. The van der Waals surface area contributed by atoms with Crippen molar-refractivity contribution in [3.63, 3.8) is 0 Å². The average molecular weight is 268 g/mol. The van der Waals surface area contributed by atoms with E-state index in [4.69, 9.17) is 0 Å². The highest BCUT2D eigenvalue weighted by Gasteiger charge is 2.35. The highest BCUT2D eigenvalue weighted by Crippen LogP contribution is 2.37. The number of allylic oxidation sites excluding steroid dienone is 4. The fraction of sp³-hybridized carbons (Fsp3) is 0.235. The number of imidazole rings is 1. The minimum Gasteiger partial charge on any atom is -0.331 e. The molecule has 0 saturated heterocycles. The van der Waals surface area contributed by atoms with Crippen LogP contribution in [0.25, 0.3) is 5.57 Å². The van der Waals surface area contributed by atoms with Gasteiger partial charge < -0.3 is 4.57 Å². The summed E-state index contributed by atoms with van der Waals surface area (Å²) in [6, 6.07) is 9.79. The Morgan fingerprint density at radius 3 is 2.70 bits per heavy atom. The average Bonchev–Trinajstić information content (AvgIpc) is 3.02. The number of halogens is 1. The lowest BCUT2D eigenvalue weighted by molar-refractivity contribution is 0.154. The lowest BCUT2D eigenvalue weighted by Gasteiger charge is -2.31. The van der Waals surface area contributed by atoms with Crippen LogP contribution in [0, 0.1) is 0 Å². The van der Waals surface area contributed by atoms with Gasteiger partial charge in [0.15, 0.2) is 5.67 Å². The molecular weight excluding hydrogens is 251 g/mol. The lowest BCUT2D eigenvalue weighted by Crippen LogP contribution is -2.31. The van der Waals surface area contributed by atoms with Gasteiger partial charge in [-0.05, 0) is 24.1 Å². The zero-order valence-corrected chi connectivity index (χ0v) is 11.4. The Labute approximate surface area is 118 Å². The third-order valence-corrected chi connectivity index (χ3v) is 3.95. The summed E-state index contributed by atoms with van der Waals surface area (Å²) >= 11 is 0. The van der Waals surface area contributed by atoms with Gasteiger partial charge >= 0.3 is 0 Å². The van der Waals surface area contributed by atoms with Crippen LogP contribution in [-0.2, 0) is 0 Å². The van der Waals surface area contributed by atoms with Crippen LogP contribution >= 0.6 is 0 Å². The van der Waals surface area contributed by atoms with E-state index in [0.29, 0.717) is 6.42 Å². The molecule has 2 nitrogen and oxygen atoms in total. The van der Waals surface area contributed by atoms with Crippen LogP contribution in [0.15, 0.2) is 67.3 Å². The molecule has 0 radical (unpaired) electrons. The highest BCUT2D eigenvalue weighted by molar-refractivity contribution is 5.75. The van der Waals surface area contributed by atoms with Crippen molar-refractivity contribution in [1.82, 2.24) is 9.55 Å². The zero-order valence-electron chi connectivity index (χ0n) is 11.4. The molecule has 0 N–H and O–H groups in total. The van der Waals surface area contributed by atoms with Crippen LogP contribution < -0.4 is 0 Å². The second-order valence-electron chi connectivity index (χ2n) is 5.18. The lowest BCUT2D eigenvalue weighted by atomic mass is 9.86. The molecule has 0 amide bonds. The third-order valence-electron chi connectivity index (χ3n) is 3.95. The Kier molecular flexibility index (Phi) is 3.26. The maximum Gasteiger partial charge on any atom is 0.153 e. The number of hydrogen-bond acceptors (Lipinski definition) is 1. The van der Waals surface area contributed by atoms with Gasteiger partial charge in [0.2, 0.25) is 0 Å². The van der Waals surface area contributed by atoms with Gasteiger partial charge in [0.05, 0.1) is 12.4 Å². The van der Waals surface area contributed by atoms with Gasteiger partial charge in [0.25, 0.3) is 0 Å². The molecule has 0 bridgehead atoms. The maximum absolute atomic E-state index is 15.0. The molecule has 1 heterocycles. The summed E-state index contributed by atoms with van der Waals surface area (Å²) in [6.07, 6.45) is 11.1. The summed E-state index contributed by atoms with van der Waals surface area (Å²) in [6.45, 7) is 1.88. The van der Waals surface area contributed by atoms with Crippen molar-refractivity contribution in [3.05, 3.63) is 72.8 Å². The molecule has 3 rings (SSSR count). The van der Waals surface area contributed by atoms with Crippen LogP contribution in [0.1, 0.15) is 24.9 Å². The number of hydrogen-bond donors (Lipinski definition) is 0. The maximum atomic E-state index is 15.0. The van der Waals surface area contributed by atoms with Gasteiger partial charge in [0, 0.05) is 18.8 Å². The monoisotopic (exact) mass is 268 g/mol. The quantitative estimate of drug-likeness (QED) is 0.816. The molecule has 1 aromatic heterocycles. The van der Waals surface area contributed by atoms with E-state index in [-0.39, 0.29) is 6.04 Å². The Hall–Kier alpha value is -2.16. The van der Waals surface area contributed by atoms with Crippen LogP contribution in [0.4, 0.5) is 4.39 Å². The van der Waals surface area contributed by atoms with Crippen molar-refractivity contribution in [2.75, 3.05) is 0 Å². The summed E-state index contributed by atoms with van der Waals surface area (Å²) in [7, 11) is 0. The van der Waals surface area contributed by atoms with Crippen LogP contribution in [0.2, 0.25) is 0 Å². The normalized spacial score (nSPS) is 23.4. The van der Waals surface area contributed by atoms with E-state index in [0.717, 1.165) is 11.1 Å². The molecule has 2 aromatic rings. The molecule has 0 spiro atoms. The molecule has 2 atom stereocenters. The van der Waals surface area contributed by atoms with E-state index in [2.05, 4.69) is 4.98 Å². The van der Waals surface area contributed by atoms with Crippen molar-refractivity contribution in [2.45, 2.75) is 25.1 Å². The number of aromatic nitrogens is 2. The second-order valence-corrected chi connectivity index (χ2v) is 5.18. The summed E-state index contributed by atoms with van der Waals surface area (Å²) in [5.41, 5.74) is 0.844.